The number of piperidine rings is 1. The summed E-state index contributed by atoms with van der Waals surface area (Å²) in [7, 11) is -4.28. The Balaban J connectivity index is 1.34. The largest absolute Gasteiger partial charge is 0.511 e. The van der Waals surface area contributed by atoms with Crippen LogP contribution in [-0.2, 0) is 14.8 Å². The van der Waals surface area contributed by atoms with Gasteiger partial charge in [-0.1, -0.05) is 24.3 Å². The molecule has 3 N–H and O–H groups in total. The Morgan fingerprint density at radius 2 is 1.73 bits per heavy atom. The minimum Gasteiger partial charge on any atom is -0.496 e. The van der Waals surface area contributed by atoms with Crippen molar-refractivity contribution in [3.63, 3.8) is 0 Å². The third-order valence-corrected chi connectivity index (χ3v) is 10.00. The number of carboxylic acid groups (broad SMARTS) is 1. The summed E-state index contributed by atoms with van der Waals surface area (Å²) in [6.45, 7) is -0.834. The summed E-state index contributed by atoms with van der Waals surface area (Å²) in [6.07, 6.45) is 4.67. The van der Waals surface area contributed by atoms with Gasteiger partial charge in [0, 0.05) is 36.8 Å². The third kappa shape index (κ3) is 5.89. The van der Waals surface area contributed by atoms with Crippen LogP contribution in [0.3, 0.4) is 0 Å². The number of ether oxygens (including phenoxy) is 1. The first-order valence-corrected chi connectivity index (χ1v) is 15.2. The second-order valence-electron chi connectivity index (χ2n) is 11.0. The maximum atomic E-state index is 15.0. The van der Waals surface area contributed by atoms with Crippen molar-refractivity contribution >= 4 is 27.8 Å². The van der Waals surface area contributed by atoms with E-state index in [1.54, 1.807) is 0 Å². The highest BCUT2D eigenvalue weighted by atomic mass is 32.2. The molecule has 44 heavy (non-hydrogen) atoms. The molecule has 2 bridgehead atoms. The van der Waals surface area contributed by atoms with Crippen LogP contribution in [0.4, 0.5) is 17.6 Å². The van der Waals surface area contributed by atoms with Gasteiger partial charge < -0.3 is 20.5 Å². The average Bonchev–Trinajstić information content (AvgIpc) is 3.58. The maximum Gasteiger partial charge on any atom is 0.511 e. The molecule has 2 aliphatic carbocycles. The van der Waals surface area contributed by atoms with Gasteiger partial charge in [0.05, 0.1) is 24.2 Å². The van der Waals surface area contributed by atoms with Crippen LogP contribution in [0.1, 0.15) is 40.0 Å². The maximum absolute atomic E-state index is 15.0. The lowest BCUT2D eigenvalue weighted by atomic mass is 9.87. The van der Waals surface area contributed by atoms with Gasteiger partial charge in [0.25, 0.3) is 5.91 Å². The predicted octanol–water partition coefficient (Wildman–Crippen LogP) is 3.55. The summed E-state index contributed by atoms with van der Waals surface area (Å²) in [4.78, 5) is 38.2. The number of hydrogen-bond acceptors (Lipinski definition) is 6. The number of nitrogens with zero attached hydrogens (tertiary/aromatic N) is 1. The number of aromatic carboxylic acids is 1. The van der Waals surface area contributed by atoms with Gasteiger partial charge in [0.1, 0.15) is 11.6 Å². The van der Waals surface area contributed by atoms with Crippen molar-refractivity contribution in [1.29, 1.82) is 0 Å². The average molecular weight is 640 g/mol. The normalized spacial score (nSPS) is 25.1. The molecule has 10 nitrogen and oxygen atoms in total. The molecule has 5 atom stereocenters. The zero-order valence-corrected chi connectivity index (χ0v) is 24.1. The number of allylic oxidation sites excluding steroid dienone is 1. The number of carboxylic acids is 1. The molecule has 2 amide bonds. The van der Waals surface area contributed by atoms with E-state index in [-0.39, 0.29) is 53.7 Å². The van der Waals surface area contributed by atoms with E-state index >= 15 is 4.39 Å². The fraction of sp³-hybridized carbons (Fsp3) is 0.414. The van der Waals surface area contributed by atoms with E-state index in [1.807, 2.05) is 12.2 Å². The number of carbonyl (C=O) groups is 3. The van der Waals surface area contributed by atoms with Crippen LogP contribution in [-0.4, -0.2) is 73.4 Å². The van der Waals surface area contributed by atoms with Crippen LogP contribution in [0, 0.1) is 23.6 Å². The van der Waals surface area contributed by atoms with Crippen molar-refractivity contribution < 1.29 is 50.2 Å². The van der Waals surface area contributed by atoms with E-state index in [1.165, 1.54) is 37.4 Å². The Morgan fingerprint density at radius 1 is 1.05 bits per heavy atom. The molecule has 3 aliphatic rings. The Morgan fingerprint density at radius 3 is 2.36 bits per heavy atom. The van der Waals surface area contributed by atoms with Gasteiger partial charge in [-0.05, 0) is 54.9 Å². The molecule has 0 radical (unpaired) electrons. The molecule has 0 aromatic heterocycles. The monoisotopic (exact) mass is 639 g/mol. The molecular formula is C29H29F4N3O7S. The van der Waals surface area contributed by atoms with Crippen molar-refractivity contribution in [2.24, 2.45) is 17.8 Å². The van der Waals surface area contributed by atoms with Gasteiger partial charge in [-0.15, -0.1) is 0 Å². The van der Waals surface area contributed by atoms with E-state index in [0.29, 0.717) is 16.3 Å². The number of hydrogen-bond donors (Lipinski definition) is 3. The van der Waals surface area contributed by atoms with Crippen LogP contribution in [0.5, 0.6) is 5.75 Å². The molecule has 0 unspecified atom stereocenters. The minimum absolute atomic E-state index is 0.00259. The molecule has 2 fully saturated rings. The lowest BCUT2D eigenvalue weighted by molar-refractivity contribution is -0.127. The van der Waals surface area contributed by atoms with Crippen LogP contribution in [0.2, 0.25) is 0 Å². The number of benzene rings is 2. The van der Waals surface area contributed by atoms with Crippen LogP contribution in [0.25, 0.3) is 11.1 Å². The quantitative estimate of drug-likeness (QED) is 0.296. The zero-order chi connectivity index (χ0) is 32.0. The SMILES string of the molecule is COc1cc(F)c(-c2ccc(C(=O)O)cc2)cc1C(=O)N[C@H]1[C@@H](C(=O)N[C@H]2CCCN(S(=O)(=O)C(F)(F)F)C2)[C@@H]2C=C[C@H]1C2. The summed E-state index contributed by atoms with van der Waals surface area (Å²) >= 11 is 0. The molecule has 1 aliphatic heterocycles. The smallest absolute Gasteiger partial charge is 0.496 e. The third-order valence-electron chi connectivity index (χ3n) is 8.40. The van der Waals surface area contributed by atoms with Gasteiger partial charge in [-0.25, -0.2) is 17.6 Å². The number of fused-ring (bicyclic) bond motifs is 2. The highest BCUT2D eigenvalue weighted by Crippen LogP contribution is 2.44. The molecular weight excluding hydrogens is 610 g/mol. The highest BCUT2D eigenvalue weighted by molar-refractivity contribution is 7.90. The lowest BCUT2D eigenvalue weighted by Crippen LogP contribution is -2.55. The molecule has 0 spiro atoms. The van der Waals surface area contributed by atoms with Gasteiger partial charge in [-0.2, -0.15) is 17.5 Å². The van der Waals surface area contributed by atoms with E-state index in [2.05, 4.69) is 10.6 Å². The fourth-order valence-electron chi connectivity index (χ4n) is 6.24. The summed E-state index contributed by atoms with van der Waals surface area (Å²) in [5.74, 6) is -4.38. The molecule has 1 saturated carbocycles. The number of sulfonamides is 1. The summed E-state index contributed by atoms with van der Waals surface area (Å²) in [6, 6.07) is 6.17. The first-order valence-electron chi connectivity index (χ1n) is 13.8. The van der Waals surface area contributed by atoms with Gasteiger partial charge >= 0.3 is 21.5 Å². The van der Waals surface area contributed by atoms with Gasteiger partial charge in [0.15, 0.2) is 0 Å². The van der Waals surface area contributed by atoms with E-state index in [4.69, 9.17) is 9.84 Å². The molecule has 236 valence electrons. The first kappa shape index (κ1) is 31.4. The Labute approximate surface area is 250 Å². The van der Waals surface area contributed by atoms with Gasteiger partial charge in [0.2, 0.25) is 5.91 Å². The summed E-state index contributed by atoms with van der Waals surface area (Å²) < 4.78 is 83.7. The second-order valence-corrected chi connectivity index (χ2v) is 13.0. The molecule has 2 aromatic carbocycles. The first-order chi connectivity index (χ1) is 20.7. The predicted molar refractivity (Wildman–Crippen MR) is 149 cm³/mol. The topological polar surface area (TPSA) is 142 Å². The van der Waals surface area contributed by atoms with Crippen molar-refractivity contribution in [2.75, 3.05) is 20.2 Å². The summed E-state index contributed by atoms with van der Waals surface area (Å²) in [5, 5.41) is 14.7. The highest BCUT2D eigenvalue weighted by Gasteiger charge is 2.52. The number of rotatable bonds is 8. The standard InChI is InChI=1S/C29H29F4N3O7S/c1-43-23-13-22(30)20(15-4-6-16(7-5-15)28(39)40)12-21(23)26(37)35-25-18-9-8-17(11-18)24(25)27(38)34-19-3-2-10-36(14-19)44(41,42)29(31,32)33/h4-9,12-13,17-19,24-25H,2-3,10-11,14H2,1H3,(H,34,38)(H,35,37)(H,39,40)/t17-,18+,19+,24+,25-/m1/s1. The molecule has 1 saturated heterocycles. The van der Waals surface area contributed by atoms with Crippen LogP contribution < -0.4 is 15.4 Å². The number of nitrogens with one attached hydrogen (secondary N) is 2. The minimum atomic E-state index is -5.54. The molecule has 5 rings (SSSR count). The number of halogens is 4. The van der Waals surface area contributed by atoms with Crippen LogP contribution >= 0.6 is 0 Å². The molecule has 1 heterocycles. The Bertz CT molecular complexity index is 1610. The number of amides is 2. The molecule has 2 aromatic rings. The van der Waals surface area contributed by atoms with Crippen molar-refractivity contribution in [3.8, 4) is 16.9 Å². The van der Waals surface area contributed by atoms with Crippen molar-refractivity contribution in [3.05, 3.63) is 65.5 Å². The van der Waals surface area contributed by atoms with Crippen molar-refractivity contribution in [1.82, 2.24) is 14.9 Å². The zero-order valence-electron chi connectivity index (χ0n) is 23.3. The lowest BCUT2D eigenvalue weighted by Gasteiger charge is -2.34. The number of carbonyl (C=O) groups excluding carboxylic acids is 2. The fourth-order valence-corrected chi connectivity index (χ4v) is 7.28. The number of alkyl halides is 3. The van der Waals surface area contributed by atoms with E-state index < -0.39 is 63.7 Å². The second kappa shape index (κ2) is 11.8. The molecule has 15 heteroatoms. The number of methoxy groups -OCH3 is 1. The Hall–Kier alpha value is -3.98. The van der Waals surface area contributed by atoms with Crippen molar-refractivity contribution in [2.45, 2.75) is 36.9 Å². The van der Waals surface area contributed by atoms with Gasteiger partial charge in [-0.3, -0.25) is 9.59 Å². The summed E-state index contributed by atoms with van der Waals surface area (Å²) in [5.41, 5.74) is -5.15. The van der Waals surface area contributed by atoms with E-state index in [9.17, 15) is 36.0 Å². The van der Waals surface area contributed by atoms with Crippen LogP contribution in [0.15, 0.2) is 48.6 Å². The Kier molecular flexibility index (Phi) is 8.46. The van der Waals surface area contributed by atoms with E-state index in [0.717, 1.165) is 6.07 Å².